The molecule has 0 aromatic heterocycles. The Labute approximate surface area is 93.6 Å². The highest BCUT2D eigenvalue weighted by Crippen LogP contribution is 2.06. The second-order valence-corrected chi connectivity index (χ2v) is 3.57. The topological polar surface area (TPSA) is 121 Å². The van der Waals surface area contributed by atoms with E-state index >= 15 is 0 Å². The lowest BCUT2D eigenvalue weighted by Gasteiger charge is -2.28. The molecule has 1 radical (unpaired) electrons. The summed E-state index contributed by atoms with van der Waals surface area (Å²) < 4.78 is 0. The molecule has 7 nitrogen and oxygen atoms in total. The van der Waals surface area contributed by atoms with E-state index in [9.17, 15) is 20.1 Å². The first-order valence-corrected chi connectivity index (χ1v) is 4.71. The van der Waals surface area contributed by atoms with Crippen molar-refractivity contribution in [3.8, 4) is 0 Å². The van der Waals surface area contributed by atoms with Gasteiger partial charge in [-0.2, -0.15) is 0 Å². The van der Waals surface area contributed by atoms with Crippen LogP contribution in [-0.4, -0.2) is 81.0 Å². The Morgan fingerprint density at radius 2 is 1.62 bits per heavy atom. The molecule has 0 rings (SSSR count). The molecule has 0 saturated heterocycles. The minimum Gasteiger partial charge on any atom is -0.394 e. The van der Waals surface area contributed by atoms with Crippen LogP contribution < -0.4 is 0 Å². The molecule has 0 aliphatic carbocycles. The van der Waals surface area contributed by atoms with Crippen LogP contribution in [0.15, 0.2) is 0 Å². The van der Waals surface area contributed by atoms with Crippen molar-refractivity contribution in [3.63, 3.8) is 0 Å². The van der Waals surface area contributed by atoms with Crippen molar-refractivity contribution in [3.05, 3.63) is 6.92 Å². The first-order valence-electron chi connectivity index (χ1n) is 4.71. The highest BCUT2D eigenvalue weighted by molar-refractivity contribution is 5.79. The number of aliphatic hydroxyl groups is 5. The van der Waals surface area contributed by atoms with Crippen molar-refractivity contribution in [2.75, 3.05) is 20.2 Å². The van der Waals surface area contributed by atoms with Gasteiger partial charge in [0.1, 0.15) is 24.4 Å². The Hall–Kier alpha value is -0.730. The summed E-state index contributed by atoms with van der Waals surface area (Å²) in [5.74, 6) is -0.552. The number of hydrogen-bond donors (Lipinski definition) is 5. The number of hydrogen-bond acceptors (Lipinski definition) is 6. The summed E-state index contributed by atoms with van der Waals surface area (Å²) in [4.78, 5) is 11.8. The van der Waals surface area contributed by atoms with E-state index in [1.54, 1.807) is 0 Å². The van der Waals surface area contributed by atoms with Gasteiger partial charge >= 0.3 is 0 Å². The van der Waals surface area contributed by atoms with E-state index in [1.165, 1.54) is 7.05 Å². The highest BCUT2D eigenvalue weighted by Gasteiger charge is 2.30. The van der Waals surface area contributed by atoms with E-state index in [0.29, 0.717) is 0 Å². The fourth-order valence-corrected chi connectivity index (χ4v) is 1.05. The summed E-state index contributed by atoms with van der Waals surface area (Å²) in [6.45, 7) is 2.11. The number of amides is 1. The quantitative estimate of drug-likeness (QED) is 0.329. The van der Waals surface area contributed by atoms with Crippen LogP contribution in [0.2, 0.25) is 0 Å². The van der Waals surface area contributed by atoms with Crippen LogP contribution in [0.3, 0.4) is 0 Å². The van der Waals surface area contributed by atoms with Crippen LogP contribution in [-0.2, 0) is 4.79 Å². The minimum absolute atomic E-state index is 0.237. The third-order valence-corrected chi connectivity index (χ3v) is 2.21. The lowest BCUT2D eigenvalue weighted by molar-refractivity contribution is -0.134. The summed E-state index contributed by atoms with van der Waals surface area (Å²) in [6, 6.07) is 0. The van der Waals surface area contributed by atoms with Gasteiger partial charge in [0.05, 0.1) is 6.61 Å². The van der Waals surface area contributed by atoms with Crippen LogP contribution in [0.25, 0.3) is 0 Å². The Morgan fingerprint density at radius 1 is 1.19 bits per heavy atom. The van der Waals surface area contributed by atoms with Crippen molar-refractivity contribution in [1.29, 1.82) is 0 Å². The summed E-state index contributed by atoms with van der Waals surface area (Å²) >= 11 is 0. The van der Waals surface area contributed by atoms with Crippen molar-refractivity contribution in [2.45, 2.75) is 24.4 Å². The van der Waals surface area contributed by atoms with Crippen LogP contribution >= 0.6 is 0 Å². The van der Waals surface area contributed by atoms with Crippen LogP contribution in [0, 0.1) is 6.92 Å². The summed E-state index contributed by atoms with van der Waals surface area (Å²) in [6.07, 6.45) is -6.34. The number of nitrogens with zero attached hydrogens (tertiary/aromatic N) is 1. The zero-order valence-corrected chi connectivity index (χ0v) is 9.02. The molecule has 95 valence electrons. The largest absolute Gasteiger partial charge is 0.394 e. The second kappa shape index (κ2) is 6.77. The van der Waals surface area contributed by atoms with E-state index in [0.717, 1.165) is 4.90 Å². The lowest BCUT2D eigenvalue weighted by Crippen LogP contribution is -2.49. The molecule has 0 aliphatic heterocycles. The maximum Gasteiger partial charge on any atom is 0.222 e. The molecule has 0 bridgehead atoms. The van der Waals surface area contributed by atoms with E-state index in [1.807, 2.05) is 0 Å². The van der Waals surface area contributed by atoms with Crippen LogP contribution in [0.5, 0.6) is 0 Å². The highest BCUT2D eigenvalue weighted by atomic mass is 16.4. The van der Waals surface area contributed by atoms with Gasteiger partial charge in [0, 0.05) is 20.5 Å². The van der Waals surface area contributed by atoms with Gasteiger partial charge in [-0.15, -0.1) is 0 Å². The Morgan fingerprint density at radius 3 is 2.00 bits per heavy atom. The number of carbonyl (C=O) groups excluding carboxylic acids is 1. The number of aliphatic hydroxyl groups excluding tert-OH is 5. The predicted molar refractivity (Wildman–Crippen MR) is 54.1 cm³/mol. The summed E-state index contributed by atoms with van der Waals surface area (Å²) in [7, 11) is 1.36. The molecule has 4 unspecified atom stereocenters. The molecule has 1 amide bonds. The number of rotatable bonds is 6. The van der Waals surface area contributed by atoms with Gasteiger partial charge in [-0.1, -0.05) is 0 Å². The maximum absolute atomic E-state index is 10.7. The zero-order valence-electron chi connectivity index (χ0n) is 9.02. The smallest absolute Gasteiger partial charge is 0.222 e. The molecular formula is C9H18NO6. The maximum atomic E-state index is 10.7. The summed E-state index contributed by atoms with van der Waals surface area (Å²) in [5.41, 5.74) is 0. The van der Waals surface area contributed by atoms with Crippen molar-refractivity contribution >= 4 is 5.91 Å². The molecular weight excluding hydrogens is 218 g/mol. The Balaban J connectivity index is 4.27. The molecule has 5 N–H and O–H groups in total. The molecule has 0 aliphatic rings. The molecule has 0 spiro atoms. The fourth-order valence-electron chi connectivity index (χ4n) is 1.05. The first-order chi connectivity index (χ1) is 7.31. The average Bonchev–Trinajstić information content (AvgIpc) is 2.25. The normalized spacial score (nSPS) is 18.7. The van der Waals surface area contributed by atoms with Crippen molar-refractivity contribution in [1.82, 2.24) is 4.90 Å². The van der Waals surface area contributed by atoms with E-state index < -0.39 is 36.9 Å². The Bertz CT molecular complexity index is 224. The third kappa shape index (κ3) is 4.42. The predicted octanol–water partition coefficient (Wildman–Crippen LogP) is -3.29. The Kier molecular flexibility index (Phi) is 6.46. The molecule has 0 aromatic rings. The average molecular weight is 236 g/mol. The van der Waals surface area contributed by atoms with E-state index in [-0.39, 0.29) is 6.54 Å². The molecule has 7 heteroatoms. The fraction of sp³-hybridized carbons (Fsp3) is 0.778. The summed E-state index contributed by atoms with van der Waals surface area (Å²) in [5, 5.41) is 45.6. The van der Waals surface area contributed by atoms with Gasteiger partial charge < -0.3 is 30.4 Å². The standard InChI is InChI=1S/C9H18NO6/c1-5(12)10(2)3-6(13)8(15)9(16)7(14)4-11/h6-9,11,13-16H,1,3-4H2,2H3. The van der Waals surface area contributed by atoms with Gasteiger partial charge in [-0.05, 0) is 0 Å². The van der Waals surface area contributed by atoms with Gasteiger partial charge in [-0.25, -0.2) is 0 Å². The number of carbonyl (C=O) groups is 1. The van der Waals surface area contributed by atoms with Crippen LogP contribution in [0.4, 0.5) is 0 Å². The number of likely N-dealkylation sites (N-methyl/N-ethyl adjacent to an activating group) is 1. The second-order valence-electron chi connectivity index (χ2n) is 3.57. The lowest BCUT2D eigenvalue weighted by atomic mass is 10.0. The molecule has 0 aromatic carbocycles. The molecule has 0 heterocycles. The van der Waals surface area contributed by atoms with E-state index in [4.69, 9.17) is 10.2 Å². The van der Waals surface area contributed by atoms with Crippen molar-refractivity contribution in [2.24, 2.45) is 0 Å². The van der Waals surface area contributed by atoms with Crippen molar-refractivity contribution < 1.29 is 30.3 Å². The molecule has 0 saturated carbocycles. The first kappa shape index (κ1) is 15.3. The van der Waals surface area contributed by atoms with Gasteiger partial charge in [0.25, 0.3) is 0 Å². The third-order valence-electron chi connectivity index (χ3n) is 2.21. The molecule has 16 heavy (non-hydrogen) atoms. The van der Waals surface area contributed by atoms with Gasteiger partial charge in [0.2, 0.25) is 5.91 Å². The van der Waals surface area contributed by atoms with Gasteiger partial charge in [0.15, 0.2) is 0 Å². The molecule has 0 fully saturated rings. The van der Waals surface area contributed by atoms with Gasteiger partial charge in [-0.3, -0.25) is 4.79 Å². The zero-order chi connectivity index (χ0) is 12.9. The van der Waals surface area contributed by atoms with E-state index in [2.05, 4.69) is 6.92 Å². The SMILES string of the molecule is [CH2]C(=O)N(C)CC(O)C(O)C(O)C(O)CO. The minimum atomic E-state index is -1.69. The van der Waals surface area contributed by atoms with Crippen LogP contribution in [0.1, 0.15) is 0 Å². The monoisotopic (exact) mass is 236 g/mol. The molecule has 4 atom stereocenters.